The van der Waals surface area contributed by atoms with Gasteiger partial charge in [-0.1, -0.05) is 0 Å². The van der Waals surface area contributed by atoms with Crippen molar-refractivity contribution in [2.75, 3.05) is 18.5 Å². The highest BCUT2D eigenvalue weighted by Crippen LogP contribution is 2.23. The van der Waals surface area contributed by atoms with Gasteiger partial charge in [0.25, 0.3) is 5.91 Å². The largest absolute Gasteiger partial charge is 0.384 e. The number of nitrogens with one attached hydrogen (secondary N) is 2. The highest BCUT2D eigenvalue weighted by molar-refractivity contribution is 5.95. The first-order valence-electron chi connectivity index (χ1n) is 7.03. The maximum absolute atomic E-state index is 12.2. The fraction of sp³-hybridized carbons (Fsp3) is 0.533. The summed E-state index contributed by atoms with van der Waals surface area (Å²) in [4.78, 5) is 12.2. The molecule has 1 aromatic carbocycles. The summed E-state index contributed by atoms with van der Waals surface area (Å²) in [6.45, 7) is 3.80. The van der Waals surface area contributed by atoms with E-state index in [0.29, 0.717) is 0 Å². The Morgan fingerprint density at radius 1 is 1.53 bits per heavy atom. The van der Waals surface area contributed by atoms with E-state index in [-0.39, 0.29) is 18.1 Å². The molecular formula is C15H20N2O2. The third kappa shape index (κ3) is 2.59. The van der Waals surface area contributed by atoms with Gasteiger partial charge in [0, 0.05) is 24.4 Å². The van der Waals surface area contributed by atoms with Crippen LogP contribution in [-0.4, -0.2) is 31.2 Å². The van der Waals surface area contributed by atoms with Gasteiger partial charge in [-0.15, -0.1) is 0 Å². The number of ether oxygens (including phenoxy) is 1. The summed E-state index contributed by atoms with van der Waals surface area (Å²) in [5, 5.41) is 6.35. The summed E-state index contributed by atoms with van der Waals surface area (Å²) in [6, 6.07) is 5.94. The lowest BCUT2D eigenvalue weighted by Crippen LogP contribution is -2.40. The summed E-state index contributed by atoms with van der Waals surface area (Å²) < 4.78 is 5.60. The van der Waals surface area contributed by atoms with Crippen molar-refractivity contribution < 1.29 is 9.53 Å². The van der Waals surface area contributed by atoms with Crippen LogP contribution in [0.3, 0.4) is 0 Å². The molecule has 0 aliphatic carbocycles. The number of hydrogen-bond acceptors (Lipinski definition) is 3. The Labute approximate surface area is 113 Å². The smallest absolute Gasteiger partial charge is 0.251 e. The van der Waals surface area contributed by atoms with E-state index in [0.717, 1.165) is 43.7 Å². The molecule has 102 valence electrons. The lowest BCUT2D eigenvalue weighted by Gasteiger charge is -2.20. The van der Waals surface area contributed by atoms with Crippen LogP contribution in [0.5, 0.6) is 0 Å². The number of hydrogen-bond donors (Lipinski definition) is 2. The fourth-order valence-electron chi connectivity index (χ4n) is 2.83. The third-order valence-corrected chi connectivity index (χ3v) is 3.96. The van der Waals surface area contributed by atoms with Crippen molar-refractivity contribution in [2.24, 2.45) is 0 Å². The van der Waals surface area contributed by atoms with Crippen molar-refractivity contribution in [1.82, 2.24) is 5.32 Å². The quantitative estimate of drug-likeness (QED) is 0.873. The van der Waals surface area contributed by atoms with Crippen molar-refractivity contribution >= 4 is 11.6 Å². The van der Waals surface area contributed by atoms with Crippen LogP contribution in [0.4, 0.5) is 5.69 Å². The fourth-order valence-corrected chi connectivity index (χ4v) is 2.83. The van der Waals surface area contributed by atoms with Gasteiger partial charge >= 0.3 is 0 Å². The minimum Gasteiger partial charge on any atom is -0.384 e. The van der Waals surface area contributed by atoms with Gasteiger partial charge in [0.15, 0.2) is 0 Å². The van der Waals surface area contributed by atoms with Crippen LogP contribution in [0.2, 0.25) is 0 Å². The molecule has 1 saturated heterocycles. The number of rotatable bonds is 3. The van der Waals surface area contributed by atoms with Gasteiger partial charge in [-0.05, 0) is 49.9 Å². The molecule has 1 fully saturated rings. The van der Waals surface area contributed by atoms with Gasteiger partial charge in [-0.25, -0.2) is 0 Å². The van der Waals surface area contributed by atoms with E-state index in [1.165, 1.54) is 5.56 Å². The molecule has 0 saturated carbocycles. The summed E-state index contributed by atoms with van der Waals surface area (Å²) in [7, 11) is 0. The number of carbonyl (C=O) groups excluding carboxylic acids is 1. The minimum absolute atomic E-state index is 0.00213. The van der Waals surface area contributed by atoms with E-state index in [9.17, 15) is 4.79 Å². The zero-order chi connectivity index (χ0) is 13.2. The zero-order valence-corrected chi connectivity index (χ0v) is 11.2. The molecular weight excluding hydrogens is 240 g/mol. The van der Waals surface area contributed by atoms with Gasteiger partial charge in [-0.3, -0.25) is 4.79 Å². The third-order valence-electron chi connectivity index (χ3n) is 3.96. The zero-order valence-electron chi connectivity index (χ0n) is 11.2. The number of anilines is 1. The van der Waals surface area contributed by atoms with Gasteiger partial charge in [0.2, 0.25) is 0 Å². The summed E-state index contributed by atoms with van der Waals surface area (Å²) in [6.07, 6.45) is 3.29. The first-order chi connectivity index (χ1) is 9.24. The second-order valence-electron chi connectivity index (χ2n) is 5.36. The van der Waals surface area contributed by atoms with Gasteiger partial charge in [0.1, 0.15) is 0 Å². The van der Waals surface area contributed by atoms with Crippen LogP contribution in [0.15, 0.2) is 18.2 Å². The normalized spacial score (nSPS) is 22.7. The molecule has 2 unspecified atom stereocenters. The average molecular weight is 260 g/mol. The topological polar surface area (TPSA) is 50.4 Å². The Kier molecular flexibility index (Phi) is 3.42. The molecule has 1 amide bonds. The predicted octanol–water partition coefficient (Wildman–Crippen LogP) is 1.95. The maximum Gasteiger partial charge on any atom is 0.251 e. The SMILES string of the molecule is CC(NC(=O)c1ccc2c(c1)CCN2)C1CCCO1. The summed E-state index contributed by atoms with van der Waals surface area (Å²) in [5.41, 5.74) is 3.13. The lowest BCUT2D eigenvalue weighted by molar-refractivity contribution is 0.0712. The molecule has 3 rings (SSSR count). The van der Waals surface area contributed by atoms with Gasteiger partial charge in [0.05, 0.1) is 12.1 Å². The first kappa shape index (κ1) is 12.5. The molecule has 19 heavy (non-hydrogen) atoms. The van der Waals surface area contributed by atoms with E-state index in [2.05, 4.69) is 10.6 Å². The second kappa shape index (κ2) is 5.21. The van der Waals surface area contributed by atoms with Crippen LogP contribution in [0.25, 0.3) is 0 Å². The molecule has 2 heterocycles. The summed E-state index contributed by atoms with van der Waals surface area (Å²) >= 11 is 0. The molecule has 0 bridgehead atoms. The molecule has 1 aromatic rings. The Morgan fingerprint density at radius 3 is 3.21 bits per heavy atom. The molecule has 0 spiro atoms. The van der Waals surface area contributed by atoms with Gasteiger partial charge in [-0.2, -0.15) is 0 Å². The van der Waals surface area contributed by atoms with Crippen molar-refractivity contribution in [2.45, 2.75) is 38.3 Å². The van der Waals surface area contributed by atoms with Crippen LogP contribution >= 0.6 is 0 Å². The van der Waals surface area contributed by atoms with E-state index in [4.69, 9.17) is 4.74 Å². The van der Waals surface area contributed by atoms with Crippen molar-refractivity contribution in [1.29, 1.82) is 0 Å². The predicted molar refractivity (Wildman–Crippen MR) is 74.5 cm³/mol. The Bertz CT molecular complexity index is 481. The maximum atomic E-state index is 12.2. The highest BCUT2D eigenvalue weighted by atomic mass is 16.5. The van der Waals surface area contributed by atoms with E-state index in [1.54, 1.807) is 0 Å². The van der Waals surface area contributed by atoms with Crippen LogP contribution in [-0.2, 0) is 11.2 Å². The molecule has 4 heteroatoms. The number of fused-ring (bicyclic) bond motifs is 1. The molecule has 0 radical (unpaired) electrons. The number of carbonyl (C=O) groups is 1. The molecule has 2 aliphatic heterocycles. The first-order valence-corrected chi connectivity index (χ1v) is 7.03. The van der Waals surface area contributed by atoms with Crippen molar-refractivity contribution in [3.63, 3.8) is 0 Å². The molecule has 2 atom stereocenters. The monoisotopic (exact) mass is 260 g/mol. The highest BCUT2D eigenvalue weighted by Gasteiger charge is 2.24. The van der Waals surface area contributed by atoms with Crippen LogP contribution < -0.4 is 10.6 Å². The molecule has 0 aromatic heterocycles. The Hall–Kier alpha value is -1.55. The lowest BCUT2D eigenvalue weighted by atomic mass is 10.1. The van der Waals surface area contributed by atoms with Crippen LogP contribution in [0, 0.1) is 0 Å². The Balaban J connectivity index is 1.66. The number of benzene rings is 1. The van der Waals surface area contributed by atoms with Crippen LogP contribution in [0.1, 0.15) is 35.7 Å². The molecule has 4 nitrogen and oxygen atoms in total. The Morgan fingerprint density at radius 2 is 2.42 bits per heavy atom. The van der Waals surface area contributed by atoms with E-state index >= 15 is 0 Å². The molecule has 2 aliphatic rings. The summed E-state index contributed by atoms with van der Waals surface area (Å²) in [5.74, 6) is -0.00213. The average Bonchev–Trinajstić information content (AvgIpc) is 3.09. The standard InChI is InChI=1S/C15H20N2O2/c1-10(14-3-2-8-19-14)17-15(18)12-4-5-13-11(9-12)6-7-16-13/h4-5,9-10,14,16H,2-3,6-8H2,1H3,(H,17,18). The van der Waals surface area contributed by atoms with E-state index < -0.39 is 0 Å². The van der Waals surface area contributed by atoms with Crippen molar-refractivity contribution in [3.8, 4) is 0 Å². The van der Waals surface area contributed by atoms with E-state index in [1.807, 2.05) is 25.1 Å². The second-order valence-corrected chi connectivity index (χ2v) is 5.36. The number of amides is 1. The van der Waals surface area contributed by atoms with Gasteiger partial charge < -0.3 is 15.4 Å². The van der Waals surface area contributed by atoms with Crippen molar-refractivity contribution in [3.05, 3.63) is 29.3 Å². The minimum atomic E-state index is -0.00213. The molecule has 2 N–H and O–H groups in total.